The molecule has 0 aliphatic rings. The molecular weight excluding hydrogens is 310 g/mol. The smallest absolute Gasteiger partial charge is 0.272 e. The highest BCUT2D eigenvalue weighted by Gasteiger charge is 2.17. The molecule has 0 spiro atoms. The number of nitrogens with zero attached hydrogens (tertiary/aromatic N) is 4. The van der Waals surface area contributed by atoms with E-state index in [4.69, 9.17) is 4.74 Å². The molecule has 2 heterocycles. The van der Waals surface area contributed by atoms with Gasteiger partial charge in [-0.3, -0.25) is 14.6 Å². The van der Waals surface area contributed by atoms with Crippen LogP contribution in [0.2, 0.25) is 0 Å². The van der Waals surface area contributed by atoms with Gasteiger partial charge in [-0.05, 0) is 24.6 Å². The van der Waals surface area contributed by atoms with Gasteiger partial charge in [-0.15, -0.1) is 0 Å². The lowest BCUT2D eigenvalue weighted by molar-refractivity contribution is -0.130. The first-order chi connectivity index (χ1) is 11.4. The van der Waals surface area contributed by atoms with E-state index in [1.165, 1.54) is 15.6 Å². The molecule has 24 heavy (non-hydrogen) atoms. The van der Waals surface area contributed by atoms with E-state index in [-0.39, 0.29) is 30.2 Å². The Morgan fingerprint density at radius 1 is 1.33 bits per heavy atom. The van der Waals surface area contributed by atoms with Crippen LogP contribution in [-0.4, -0.2) is 52.2 Å². The van der Waals surface area contributed by atoms with Crippen LogP contribution in [0.5, 0.6) is 5.88 Å². The molecule has 0 fully saturated rings. The molecule has 8 heteroatoms. The fourth-order valence-corrected chi connectivity index (χ4v) is 1.97. The van der Waals surface area contributed by atoms with E-state index in [1.807, 2.05) is 19.1 Å². The molecule has 2 aromatic heterocycles. The fraction of sp³-hybridized carbons (Fsp3) is 0.375. The third-order valence-electron chi connectivity index (χ3n) is 3.47. The second kappa shape index (κ2) is 7.58. The number of amides is 2. The van der Waals surface area contributed by atoms with Gasteiger partial charge in [0.1, 0.15) is 0 Å². The number of nitrogens with one attached hydrogen (secondary N) is 1. The lowest BCUT2D eigenvalue weighted by Gasteiger charge is -2.12. The molecule has 0 aromatic carbocycles. The van der Waals surface area contributed by atoms with Crippen LogP contribution in [0.3, 0.4) is 0 Å². The van der Waals surface area contributed by atoms with Crippen LogP contribution in [-0.2, 0) is 11.8 Å². The summed E-state index contributed by atoms with van der Waals surface area (Å²) >= 11 is 0. The topological polar surface area (TPSA) is 89.4 Å². The van der Waals surface area contributed by atoms with Crippen molar-refractivity contribution >= 4 is 11.8 Å². The molecule has 2 rings (SSSR count). The Morgan fingerprint density at radius 3 is 2.62 bits per heavy atom. The third-order valence-corrected chi connectivity index (χ3v) is 3.47. The summed E-state index contributed by atoms with van der Waals surface area (Å²) in [5.41, 5.74) is 1.17. The van der Waals surface area contributed by atoms with E-state index in [1.54, 1.807) is 33.5 Å². The number of ether oxygens (including phenoxy) is 1. The quantitative estimate of drug-likeness (QED) is 0.844. The molecule has 0 saturated heterocycles. The minimum Gasteiger partial charge on any atom is -0.468 e. The Labute approximate surface area is 140 Å². The SMILES string of the molecule is CC(NC(=O)c1cc(OCC(=O)N(C)C)n(C)n1)c1ccncc1. The summed E-state index contributed by atoms with van der Waals surface area (Å²) in [7, 11) is 4.95. The Hall–Kier alpha value is -2.90. The molecule has 2 aromatic rings. The van der Waals surface area contributed by atoms with Crippen molar-refractivity contribution < 1.29 is 14.3 Å². The van der Waals surface area contributed by atoms with Crippen molar-refractivity contribution in [1.82, 2.24) is 25.0 Å². The van der Waals surface area contributed by atoms with Gasteiger partial charge in [0.2, 0.25) is 5.88 Å². The Balaban J connectivity index is 2.00. The van der Waals surface area contributed by atoms with Gasteiger partial charge >= 0.3 is 0 Å². The van der Waals surface area contributed by atoms with Gasteiger partial charge in [0, 0.05) is 39.6 Å². The van der Waals surface area contributed by atoms with Crippen LogP contribution in [0.1, 0.15) is 29.0 Å². The number of pyridine rings is 1. The van der Waals surface area contributed by atoms with Crippen LogP contribution < -0.4 is 10.1 Å². The third kappa shape index (κ3) is 4.31. The van der Waals surface area contributed by atoms with E-state index in [2.05, 4.69) is 15.4 Å². The molecular formula is C16H21N5O3. The summed E-state index contributed by atoms with van der Waals surface area (Å²) in [6.07, 6.45) is 3.35. The van der Waals surface area contributed by atoms with E-state index < -0.39 is 0 Å². The summed E-state index contributed by atoms with van der Waals surface area (Å²) in [6, 6.07) is 5.01. The Kier molecular flexibility index (Phi) is 5.51. The summed E-state index contributed by atoms with van der Waals surface area (Å²) in [5, 5.41) is 6.99. The fourth-order valence-electron chi connectivity index (χ4n) is 1.97. The number of carbonyl (C=O) groups is 2. The van der Waals surface area contributed by atoms with Crippen molar-refractivity contribution in [3.8, 4) is 5.88 Å². The second-order valence-corrected chi connectivity index (χ2v) is 5.54. The normalized spacial score (nSPS) is 11.7. The van der Waals surface area contributed by atoms with Gasteiger partial charge in [0.05, 0.1) is 6.04 Å². The van der Waals surface area contributed by atoms with Gasteiger partial charge in [-0.25, -0.2) is 4.68 Å². The van der Waals surface area contributed by atoms with Crippen molar-refractivity contribution in [1.29, 1.82) is 0 Å². The number of rotatable bonds is 6. The average molecular weight is 331 g/mol. The molecule has 0 saturated carbocycles. The zero-order valence-corrected chi connectivity index (χ0v) is 14.2. The summed E-state index contributed by atoms with van der Waals surface area (Å²) in [5.74, 6) is -0.135. The van der Waals surface area contributed by atoms with Crippen LogP contribution >= 0.6 is 0 Å². The van der Waals surface area contributed by atoms with Crippen LogP contribution in [0, 0.1) is 0 Å². The molecule has 128 valence electrons. The number of hydrogen-bond acceptors (Lipinski definition) is 5. The Bertz CT molecular complexity index is 712. The number of hydrogen-bond donors (Lipinski definition) is 1. The van der Waals surface area contributed by atoms with Crippen molar-refractivity contribution in [2.24, 2.45) is 7.05 Å². The minimum atomic E-state index is -0.316. The van der Waals surface area contributed by atoms with Crippen LogP contribution in [0.15, 0.2) is 30.6 Å². The lowest BCUT2D eigenvalue weighted by Crippen LogP contribution is -2.27. The van der Waals surface area contributed by atoms with Gasteiger partial charge in [0.25, 0.3) is 11.8 Å². The molecule has 0 radical (unpaired) electrons. The number of aryl methyl sites for hydroxylation is 1. The monoisotopic (exact) mass is 331 g/mol. The van der Waals surface area contributed by atoms with E-state index in [0.29, 0.717) is 5.88 Å². The molecule has 0 aliphatic carbocycles. The highest BCUT2D eigenvalue weighted by atomic mass is 16.5. The predicted octanol–water partition coefficient (Wildman–Crippen LogP) is 0.773. The molecule has 1 unspecified atom stereocenters. The summed E-state index contributed by atoms with van der Waals surface area (Å²) in [4.78, 5) is 29.2. The van der Waals surface area contributed by atoms with E-state index >= 15 is 0 Å². The van der Waals surface area contributed by atoms with E-state index in [0.717, 1.165) is 5.56 Å². The van der Waals surface area contributed by atoms with E-state index in [9.17, 15) is 9.59 Å². The Morgan fingerprint density at radius 2 is 2.00 bits per heavy atom. The predicted molar refractivity (Wildman–Crippen MR) is 87.5 cm³/mol. The van der Waals surface area contributed by atoms with Crippen LogP contribution in [0.25, 0.3) is 0 Å². The van der Waals surface area contributed by atoms with Crippen LogP contribution in [0.4, 0.5) is 0 Å². The van der Waals surface area contributed by atoms with Crippen molar-refractivity contribution in [2.45, 2.75) is 13.0 Å². The zero-order valence-electron chi connectivity index (χ0n) is 14.2. The summed E-state index contributed by atoms with van der Waals surface area (Å²) < 4.78 is 6.83. The van der Waals surface area contributed by atoms with Crippen molar-refractivity contribution in [3.63, 3.8) is 0 Å². The first-order valence-corrected chi connectivity index (χ1v) is 7.46. The first-order valence-electron chi connectivity index (χ1n) is 7.46. The molecule has 0 bridgehead atoms. The number of carbonyl (C=O) groups excluding carboxylic acids is 2. The molecule has 1 N–H and O–H groups in total. The lowest BCUT2D eigenvalue weighted by atomic mass is 10.1. The largest absolute Gasteiger partial charge is 0.468 e. The zero-order chi connectivity index (χ0) is 17.7. The maximum atomic E-state index is 12.3. The number of aromatic nitrogens is 3. The van der Waals surface area contributed by atoms with Gasteiger partial charge in [0.15, 0.2) is 12.3 Å². The molecule has 1 atom stereocenters. The molecule has 8 nitrogen and oxygen atoms in total. The highest BCUT2D eigenvalue weighted by Crippen LogP contribution is 2.15. The number of likely N-dealkylation sites (N-methyl/N-ethyl adjacent to an activating group) is 1. The minimum absolute atomic E-state index is 0.110. The average Bonchev–Trinajstić information content (AvgIpc) is 2.94. The van der Waals surface area contributed by atoms with Crippen molar-refractivity contribution in [2.75, 3.05) is 20.7 Å². The van der Waals surface area contributed by atoms with Gasteiger partial charge in [-0.2, -0.15) is 5.10 Å². The van der Waals surface area contributed by atoms with Gasteiger partial charge < -0.3 is 15.0 Å². The maximum absolute atomic E-state index is 12.3. The molecule has 0 aliphatic heterocycles. The standard InChI is InChI=1S/C16H21N5O3/c1-11(12-5-7-17-8-6-12)18-16(23)13-9-15(21(4)19-13)24-10-14(22)20(2)3/h5-9,11H,10H2,1-4H3,(H,18,23). The second-order valence-electron chi connectivity index (χ2n) is 5.54. The highest BCUT2D eigenvalue weighted by molar-refractivity contribution is 5.92. The maximum Gasteiger partial charge on any atom is 0.272 e. The van der Waals surface area contributed by atoms with Gasteiger partial charge in [-0.1, -0.05) is 0 Å². The summed E-state index contributed by atoms with van der Waals surface area (Å²) in [6.45, 7) is 1.77. The van der Waals surface area contributed by atoms with Crippen molar-refractivity contribution in [3.05, 3.63) is 41.9 Å². The first kappa shape index (κ1) is 17.5. The molecule has 2 amide bonds.